The Kier molecular flexibility index (Phi) is 2.32. The number of aryl methyl sites for hydroxylation is 1. The van der Waals surface area contributed by atoms with Crippen molar-refractivity contribution in [2.24, 2.45) is 0 Å². The number of benzene rings is 2. The molecule has 0 saturated carbocycles. The van der Waals surface area contributed by atoms with Crippen molar-refractivity contribution >= 4 is 0 Å². The van der Waals surface area contributed by atoms with Crippen LogP contribution in [0.3, 0.4) is 0 Å². The topological polar surface area (TPSA) is 0 Å². The van der Waals surface area contributed by atoms with Gasteiger partial charge in [0.25, 0.3) is 0 Å². The van der Waals surface area contributed by atoms with Gasteiger partial charge in [0.15, 0.2) is 0 Å². The van der Waals surface area contributed by atoms with Crippen molar-refractivity contribution in [2.45, 2.75) is 6.92 Å². The van der Waals surface area contributed by atoms with E-state index in [1.54, 1.807) is 12.1 Å². The fourth-order valence-electron chi connectivity index (χ4n) is 1.51. The number of hydrogen-bond donors (Lipinski definition) is 0. The van der Waals surface area contributed by atoms with Crippen LogP contribution in [0.1, 0.15) is 5.56 Å². The molecule has 0 saturated heterocycles. The standard InChI is InChI=1S/C13H11F/c1-10-5-4-6-11(9-10)12-7-2-3-8-13(12)14/h2-9H,1H3. The summed E-state index contributed by atoms with van der Waals surface area (Å²) in [6.07, 6.45) is 0. The normalized spacial score (nSPS) is 10.1. The van der Waals surface area contributed by atoms with E-state index in [1.165, 1.54) is 6.07 Å². The zero-order valence-corrected chi connectivity index (χ0v) is 8.00. The smallest absolute Gasteiger partial charge is 0.131 e. The molecule has 0 aliphatic carbocycles. The maximum Gasteiger partial charge on any atom is 0.131 e. The van der Waals surface area contributed by atoms with E-state index in [-0.39, 0.29) is 5.82 Å². The molecule has 2 aromatic rings. The largest absolute Gasteiger partial charge is 0.206 e. The van der Waals surface area contributed by atoms with Gasteiger partial charge in [0.2, 0.25) is 0 Å². The minimum absolute atomic E-state index is 0.168. The van der Waals surface area contributed by atoms with Gasteiger partial charge in [0.1, 0.15) is 5.82 Å². The molecule has 0 amide bonds. The Morgan fingerprint density at radius 2 is 1.71 bits per heavy atom. The monoisotopic (exact) mass is 186 g/mol. The van der Waals surface area contributed by atoms with Crippen LogP contribution < -0.4 is 0 Å². The summed E-state index contributed by atoms with van der Waals surface area (Å²) in [5.74, 6) is -0.168. The molecule has 70 valence electrons. The lowest BCUT2D eigenvalue weighted by molar-refractivity contribution is 0.631. The molecule has 0 spiro atoms. The molecule has 0 fully saturated rings. The van der Waals surface area contributed by atoms with E-state index in [2.05, 4.69) is 0 Å². The van der Waals surface area contributed by atoms with Gasteiger partial charge in [-0.25, -0.2) is 4.39 Å². The van der Waals surface area contributed by atoms with E-state index in [4.69, 9.17) is 0 Å². The lowest BCUT2D eigenvalue weighted by Crippen LogP contribution is -1.83. The second kappa shape index (κ2) is 3.62. The fourth-order valence-corrected chi connectivity index (χ4v) is 1.51. The third-order valence-electron chi connectivity index (χ3n) is 2.20. The highest BCUT2D eigenvalue weighted by Gasteiger charge is 2.02. The second-order valence-corrected chi connectivity index (χ2v) is 3.35. The maximum absolute atomic E-state index is 13.4. The maximum atomic E-state index is 13.4. The van der Waals surface area contributed by atoms with Gasteiger partial charge < -0.3 is 0 Å². The first-order valence-corrected chi connectivity index (χ1v) is 4.59. The van der Waals surface area contributed by atoms with Gasteiger partial charge >= 0.3 is 0 Å². The van der Waals surface area contributed by atoms with Gasteiger partial charge in [-0.3, -0.25) is 0 Å². The summed E-state index contributed by atoms with van der Waals surface area (Å²) in [7, 11) is 0. The molecule has 0 atom stereocenters. The van der Waals surface area contributed by atoms with E-state index >= 15 is 0 Å². The van der Waals surface area contributed by atoms with Crippen molar-refractivity contribution < 1.29 is 4.39 Å². The molecule has 2 rings (SSSR count). The minimum atomic E-state index is -0.168. The number of rotatable bonds is 1. The molecule has 14 heavy (non-hydrogen) atoms. The molecule has 0 unspecified atom stereocenters. The summed E-state index contributed by atoms with van der Waals surface area (Å²) in [5, 5.41) is 0. The zero-order valence-electron chi connectivity index (χ0n) is 8.00. The molecule has 2 aromatic carbocycles. The van der Waals surface area contributed by atoms with Crippen molar-refractivity contribution in [3.05, 3.63) is 59.9 Å². The lowest BCUT2D eigenvalue weighted by Gasteiger charge is -2.03. The van der Waals surface area contributed by atoms with Gasteiger partial charge in [-0.2, -0.15) is 0 Å². The van der Waals surface area contributed by atoms with Gasteiger partial charge in [-0.15, -0.1) is 0 Å². The Bertz CT molecular complexity index is 446. The predicted molar refractivity (Wildman–Crippen MR) is 56.6 cm³/mol. The molecule has 0 bridgehead atoms. The quantitative estimate of drug-likeness (QED) is 0.635. The summed E-state index contributed by atoms with van der Waals surface area (Å²) < 4.78 is 13.4. The van der Waals surface area contributed by atoms with Crippen molar-refractivity contribution in [1.29, 1.82) is 0 Å². The molecular formula is C13H11F. The van der Waals surface area contributed by atoms with Crippen molar-refractivity contribution in [3.63, 3.8) is 0 Å². The average molecular weight is 186 g/mol. The van der Waals surface area contributed by atoms with Gasteiger partial charge in [-0.05, 0) is 18.6 Å². The van der Waals surface area contributed by atoms with Gasteiger partial charge in [-0.1, -0.05) is 48.0 Å². The Morgan fingerprint density at radius 3 is 2.43 bits per heavy atom. The summed E-state index contributed by atoms with van der Waals surface area (Å²) in [5.41, 5.74) is 2.74. The summed E-state index contributed by atoms with van der Waals surface area (Å²) in [6.45, 7) is 2.00. The summed E-state index contributed by atoms with van der Waals surface area (Å²) in [6, 6.07) is 14.7. The number of halogens is 1. The molecule has 0 radical (unpaired) electrons. The van der Waals surface area contributed by atoms with E-state index in [1.807, 2.05) is 37.3 Å². The fraction of sp³-hybridized carbons (Fsp3) is 0.0769. The van der Waals surface area contributed by atoms with Crippen LogP contribution in [0, 0.1) is 12.7 Å². The SMILES string of the molecule is Cc1cccc(-c2ccccc2F)c1. The third-order valence-corrected chi connectivity index (χ3v) is 2.20. The summed E-state index contributed by atoms with van der Waals surface area (Å²) >= 11 is 0. The first-order valence-electron chi connectivity index (χ1n) is 4.59. The van der Waals surface area contributed by atoms with Crippen LogP contribution >= 0.6 is 0 Å². The number of hydrogen-bond acceptors (Lipinski definition) is 0. The Balaban J connectivity index is 2.55. The third kappa shape index (κ3) is 1.67. The second-order valence-electron chi connectivity index (χ2n) is 3.35. The molecule has 0 aliphatic rings. The first kappa shape index (κ1) is 8.95. The van der Waals surface area contributed by atoms with E-state index < -0.39 is 0 Å². The highest BCUT2D eigenvalue weighted by molar-refractivity contribution is 5.64. The highest BCUT2D eigenvalue weighted by Crippen LogP contribution is 2.22. The molecule has 0 heterocycles. The predicted octanol–water partition coefficient (Wildman–Crippen LogP) is 3.80. The van der Waals surface area contributed by atoms with Crippen molar-refractivity contribution in [2.75, 3.05) is 0 Å². The molecule has 0 nitrogen and oxygen atoms in total. The van der Waals surface area contributed by atoms with Crippen LogP contribution in [0.4, 0.5) is 4.39 Å². The average Bonchev–Trinajstić information content (AvgIpc) is 2.18. The van der Waals surface area contributed by atoms with E-state index in [0.29, 0.717) is 5.56 Å². The molecule has 0 N–H and O–H groups in total. The minimum Gasteiger partial charge on any atom is -0.206 e. The van der Waals surface area contributed by atoms with E-state index in [0.717, 1.165) is 11.1 Å². The van der Waals surface area contributed by atoms with Crippen LogP contribution in [0.2, 0.25) is 0 Å². The molecule has 0 aliphatic heterocycles. The van der Waals surface area contributed by atoms with Crippen LogP contribution in [0.15, 0.2) is 48.5 Å². The molecule has 0 aromatic heterocycles. The molecular weight excluding hydrogens is 175 g/mol. The Hall–Kier alpha value is -1.63. The van der Waals surface area contributed by atoms with Crippen LogP contribution in [0.5, 0.6) is 0 Å². The highest BCUT2D eigenvalue weighted by atomic mass is 19.1. The van der Waals surface area contributed by atoms with Crippen LogP contribution in [-0.4, -0.2) is 0 Å². The lowest BCUT2D eigenvalue weighted by atomic mass is 10.0. The molecule has 1 heteroatoms. The summed E-state index contributed by atoms with van der Waals surface area (Å²) in [4.78, 5) is 0. The van der Waals surface area contributed by atoms with Gasteiger partial charge in [0.05, 0.1) is 0 Å². The van der Waals surface area contributed by atoms with Crippen LogP contribution in [0.25, 0.3) is 11.1 Å². The van der Waals surface area contributed by atoms with E-state index in [9.17, 15) is 4.39 Å². The van der Waals surface area contributed by atoms with Crippen molar-refractivity contribution in [1.82, 2.24) is 0 Å². The first-order chi connectivity index (χ1) is 6.77. The Morgan fingerprint density at radius 1 is 0.929 bits per heavy atom. The van der Waals surface area contributed by atoms with Crippen LogP contribution in [-0.2, 0) is 0 Å². The van der Waals surface area contributed by atoms with Crippen molar-refractivity contribution in [3.8, 4) is 11.1 Å². The zero-order chi connectivity index (χ0) is 9.97. The Labute approximate surface area is 83.0 Å². The van der Waals surface area contributed by atoms with Gasteiger partial charge in [0, 0.05) is 5.56 Å².